The topological polar surface area (TPSA) is 44.2 Å². The van der Waals surface area contributed by atoms with Gasteiger partial charge in [0, 0.05) is 35.5 Å². The number of aromatic nitrogens is 2. The Hall–Kier alpha value is -2.73. The lowest BCUT2D eigenvalue weighted by atomic mass is 10.0. The van der Waals surface area contributed by atoms with E-state index in [1.165, 1.54) is 6.20 Å². The van der Waals surface area contributed by atoms with E-state index in [4.69, 9.17) is 16.3 Å². The molecule has 0 fully saturated rings. The fourth-order valence-electron chi connectivity index (χ4n) is 2.70. The Balaban J connectivity index is 1.89. The molecular formula is C21H19ClF2N2O2. The Labute approximate surface area is 167 Å². The Morgan fingerprint density at radius 3 is 2.39 bits per heavy atom. The lowest BCUT2D eigenvalue weighted by Gasteiger charge is -2.12. The van der Waals surface area contributed by atoms with Crippen LogP contribution < -0.4 is 9.47 Å². The summed E-state index contributed by atoms with van der Waals surface area (Å²) in [7, 11) is 0. The molecule has 2 heterocycles. The molecule has 0 saturated heterocycles. The van der Waals surface area contributed by atoms with Crippen LogP contribution in [0.5, 0.6) is 11.8 Å². The average Bonchev–Trinajstić information content (AvgIpc) is 2.64. The molecule has 0 aliphatic rings. The lowest BCUT2D eigenvalue weighted by Crippen LogP contribution is -2.07. The highest BCUT2D eigenvalue weighted by molar-refractivity contribution is 6.30. The summed E-state index contributed by atoms with van der Waals surface area (Å²) in [6.07, 6.45) is 3.82. The molecule has 146 valence electrons. The molecule has 0 unspecified atom stereocenters. The lowest BCUT2D eigenvalue weighted by molar-refractivity contribution is -0.0524. The van der Waals surface area contributed by atoms with E-state index in [1.54, 1.807) is 42.6 Å². The SMILES string of the molecule is CC(C)Oc1ccc(Cc2cnc(OC(F)F)c(-c3cccc(Cl)c3)c2)cn1. The Bertz CT molecular complexity index is 934. The summed E-state index contributed by atoms with van der Waals surface area (Å²) in [5.74, 6) is 0.414. The van der Waals surface area contributed by atoms with Crippen LogP contribution in [0, 0.1) is 0 Å². The van der Waals surface area contributed by atoms with E-state index in [9.17, 15) is 8.78 Å². The molecule has 7 heteroatoms. The van der Waals surface area contributed by atoms with Crippen LogP contribution in [0.2, 0.25) is 5.02 Å². The minimum atomic E-state index is -2.96. The normalized spacial score (nSPS) is 11.1. The van der Waals surface area contributed by atoms with Crippen molar-refractivity contribution in [2.24, 2.45) is 0 Å². The first kappa shape index (κ1) is 20.0. The zero-order valence-corrected chi connectivity index (χ0v) is 16.2. The van der Waals surface area contributed by atoms with Gasteiger partial charge in [0.05, 0.1) is 6.10 Å². The van der Waals surface area contributed by atoms with Crippen molar-refractivity contribution in [1.82, 2.24) is 9.97 Å². The van der Waals surface area contributed by atoms with Gasteiger partial charge in [0.1, 0.15) is 0 Å². The number of ether oxygens (including phenoxy) is 2. The molecular weight excluding hydrogens is 386 g/mol. The predicted molar refractivity (Wildman–Crippen MR) is 104 cm³/mol. The first-order valence-electron chi connectivity index (χ1n) is 8.72. The molecule has 0 bridgehead atoms. The standard InChI is InChI=1S/C21H19ClF2N2O2/c1-13(2)27-19-7-6-14(11-25-19)8-15-9-18(16-4-3-5-17(22)10-16)20(26-12-15)28-21(23)24/h3-7,9-13,21H,8H2,1-2H3. The smallest absolute Gasteiger partial charge is 0.388 e. The number of benzene rings is 1. The van der Waals surface area contributed by atoms with E-state index < -0.39 is 6.61 Å². The zero-order valence-electron chi connectivity index (χ0n) is 15.4. The zero-order chi connectivity index (χ0) is 20.1. The molecule has 0 aliphatic carbocycles. The second-order valence-electron chi connectivity index (χ2n) is 6.43. The maximum Gasteiger partial charge on any atom is 0.388 e. The predicted octanol–water partition coefficient (Wildman–Crippen LogP) is 5.78. The second kappa shape index (κ2) is 8.97. The molecule has 0 atom stereocenters. The summed E-state index contributed by atoms with van der Waals surface area (Å²) >= 11 is 6.04. The highest BCUT2D eigenvalue weighted by Crippen LogP contribution is 2.32. The summed E-state index contributed by atoms with van der Waals surface area (Å²) in [6, 6.07) is 12.4. The van der Waals surface area contributed by atoms with Crippen molar-refractivity contribution in [1.29, 1.82) is 0 Å². The summed E-state index contributed by atoms with van der Waals surface area (Å²) in [4.78, 5) is 8.37. The largest absolute Gasteiger partial charge is 0.475 e. The van der Waals surface area contributed by atoms with Crippen LogP contribution in [0.1, 0.15) is 25.0 Å². The Morgan fingerprint density at radius 1 is 0.964 bits per heavy atom. The third-order valence-corrected chi connectivity index (χ3v) is 4.04. The molecule has 3 aromatic rings. The number of hydrogen-bond donors (Lipinski definition) is 0. The number of alkyl halides is 2. The van der Waals surface area contributed by atoms with Crippen molar-refractivity contribution in [2.45, 2.75) is 33.0 Å². The first-order chi connectivity index (χ1) is 13.4. The van der Waals surface area contributed by atoms with Crippen molar-refractivity contribution in [3.8, 4) is 22.9 Å². The van der Waals surface area contributed by atoms with E-state index in [-0.39, 0.29) is 12.0 Å². The number of halogens is 3. The van der Waals surface area contributed by atoms with Gasteiger partial charge in [-0.1, -0.05) is 29.8 Å². The molecule has 3 rings (SSSR count). The van der Waals surface area contributed by atoms with Gasteiger partial charge in [0.2, 0.25) is 11.8 Å². The van der Waals surface area contributed by atoms with Gasteiger partial charge < -0.3 is 9.47 Å². The summed E-state index contributed by atoms with van der Waals surface area (Å²) in [6.45, 7) is 0.900. The minimum absolute atomic E-state index is 0.0465. The van der Waals surface area contributed by atoms with E-state index in [0.717, 1.165) is 11.1 Å². The third kappa shape index (κ3) is 5.39. The molecule has 0 amide bonds. The van der Waals surface area contributed by atoms with Crippen molar-refractivity contribution >= 4 is 11.6 Å². The van der Waals surface area contributed by atoms with Crippen molar-refractivity contribution in [3.63, 3.8) is 0 Å². The van der Waals surface area contributed by atoms with Gasteiger partial charge in [-0.05, 0) is 48.7 Å². The van der Waals surface area contributed by atoms with Gasteiger partial charge in [0.15, 0.2) is 0 Å². The molecule has 0 aliphatic heterocycles. The van der Waals surface area contributed by atoms with Crippen LogP contribution in [-0.2, 0) is 6.42 Å². The Kier molecular flexibility index (Phi) is 6.41. The van der Waals surface area contributed by atoms with Gasteiger partial charge in [-0.25, -0.2) is 9.97 Å². The van der Waals surface area contributed by atoms with E-state index in [2.05, 4.69) is 14.7 Å². The molecule has 0 spiro atoms. The molecule has 1 aromatic carbocycles. The van der Waals surface area contributed by atoms with Crippen molar-refractivity contribution in [3.05, 3.63) is 71.0 Å². The number of nitrogens with zero attached hydrogens (tertiary/aromatic N) is 2. The van der Waals surface area contributed by atoms with E-state index >= 15 is 0 Å². The van der Waals surface area contributed by atoms with Crippen molar-refractivity contribution in [2.75, 3.05) is 0 Å². The highest BCUT2D eigenvalue weighted by atomic mass is 35.5. The number of rotatable bonds is 7. The highest BCUT2D eigenvalue weighted by Gasteiger charge is 2.14. The molecule has 2 aromatic heterocycles. The van der Waals surface area contributed by atoms with Crippen LogP contribution in [0.15, 0.2) is 54.9 Å². The number of hydrogen-bond acceptors (Lipinski definition) is 4. The van der Waals surface area contributed by atoms with E-state index in [0.29, 0.717) is 28.5 Å². The quantitative estimate of drug-likeness (QED) is 0.501. The van der Waals surface area contributed by atoms with Crippen LogP contribution in [-0.4, -0.2) is 22.7 Å². The maximum absolute atomic E-state index is 12.8. The molecule has 0 radical (unpaired) electrons. The fourth-order valence-corrected chi connectivity index (χ4v) is 2.89. The van der Waals surface area contributed by atoms with Crippen molar-refractivity contribution < 1.29 is 18.3 Å². The monoisotopic (exact) mass is 404 g/mol. The van der Waals surface area contributed by atoms with Gasteiger partial charge in [-0.2, -0.15) is 8.78 Å². The maximum atomic E-state index is 12.8. The van der Waals surface area contributed by atoms with Crippen LogP contribution in [0.4, 0.5) is 8.78 Å². The minimum Gasteiger partial charge on any atom is -0.475 e. The summed E-state index contributed by atoms with van der Waals surface area (Å²) in [5, 5.41) is 0.496. The first-order valence-corrected chi connectivity index (χ1v) is 9.10. The van der Waals surface area contributed by atoms with Gasteiger partial charge in [0.25, 0.3) is 0 Å². The Morgan fingerprint density at radius 2 is 1.75 bits per heavy atom. The summed E-state index contributed by atoms with van der Waals surface area (Å²) < 4.78 is 35.6. The van der Waals surface area contributed by atoms with Crippen LogP contribution >= 0.6 is 11.6 Å². The van der Waals surface area contributed by atoms with E-state index in [1.807, 2.05) is 19.9 Å². The average molecular weight is 405 g/mol. The van der Waals surface area contributed by atoms with Crippen LogP contribution in [0.3, 0.4) is 0 Å². The van der Waals surface area contributed by atoms with Gasteiger partial charge in [-0.3, -0.25) is 0 Å². The molecule has 0 saturated carbocycles. The third-order valence-electron chi connectivity index (χ3n) is 3.81. The fraction of sp³-hybridized carbons (Fsp3) is 0.238. The summed E-state index contributed by atoms with van der Waals surface area (Å²) in [5.41, 5.74) is 2.87. The van der Waals surface area contributed by atoms with Crippen LogP contribution in [0.25, 0.3) is 11.1 Å². The number of pyridine rings is 2. The second-order valence-corrected chi connectivity index (χ2v) is 6.87. The van der Waals surface area contributed by atoms with Gasteiger partial charge >= 0.3 is 6.61 Å². The molecule has 28 heavy (non-hydrogen) atoms. The molecule has 4 nitrogen and oxygen atoms in total. The molecule has 0 N–H and O–H groups in total. The van der Waals surface area contributed by atoms with Gasteiger partial charge in [-0.15, -0.1) is 0 Å².